The molecule has 0 atom stereocenters. The first-order valence-corrected chi connectivity index (χ1v) is 8.66. The SMILES string of the molecule is NC(=O)c1cc(-c2csc(NC(=O)Cc3ccc(OC(F)(F)F)cc3)n2)c[nH]1. The summed E-state index contributed by atoms with van der Waals surface area (Å²) in [4.78, 5) is 30.2. The van der Waals surface area contributed by atoms with Gasteiger partial charge in [-0.1, -0.05) is 12.1 Å². The molecule has 2 aromatic heterocycles. The van der Waals surface area contributed by atoms with Gasteiger partial charge in [0.25, 0.3) is 5.91 Å². The van der Waals surface area contributed by atoms with Gasteiger partial charge in [-0.2, -0.15) is 0 Å². The summed E-state index contributed by atoms with van der Waals surface area (Å²) in [6.07, 6.45) is -3.23. The molecule has 146 valence electrons. The zero-order valence-corrected chi connectivity index (χ0v) is 14.9. The minimum absolute atomic E-state index is 0.0445. The van der Waals surface area contributed by atoms with E-state index >= 15 is 0 Å². The van der Waals surface area contributed by atoms with Crippen molar-refractivity contribution < 1.29 is 27.5 Å². The number of carbonyl (C=O) groups is 2. The normalized spacial score (nSPS) is 11.2. The number of halogens is 3. The third-order valence-corrected chi connectivity index (χ3v) is 4.27. The fraction of sp³-hybridized carbons (Fsp3) is 0.118. The second kappa shape index (κ2) is 7.72. The third kappa shape index (κ3) is 5.10. The topological polar surface area (TPSA) is 110 Å². The predicted octanol–water partition coefficient (Wildman–Crippen LogP) is 3.32. The molecule has 0 fully saturated rings. The van der Waals surface area contributed by atoms with Gasteiger partial charge < -0.3 is 20.8 Å². The van der Waals surface area contributed by atoms with E-state index in [0.717, 1.165) is 12.1 Å². The van der Waals surface area contributed by atoms with Gasteiger partial charge in [0.1, 0.15) is 11.4 Å². The van der Waals surface area contributed by atoms with E-state index in [9.17, 15) is 22.8 Å². The summed E-state index contributed by atoms with van der Waals surface area (Å²) in [5.41, 5.74) is 7.13. The molecule has 0 saturated heterocycles. The first-order valence-electron chi connectivity index (χ1n) is 7.78. The number of nitrogens with two attached hydrogens (primary N) is 1. The average molecular weight is 410 g/mol. The van der Waals surface area contributed by atoms with Crippen LogP contribution in [0.3, 0.4) is 0 Å². The molecule has 7 nitrogen and oxygen atoms in total. The number of H-pyrrole nitrogens is 1. The zero-order valence-electron chi connectivity index (χ0n) is 14.0. The average Bonchev–Trinajstić information content (AvgIpc) is 3.24. The van der Waals surface area contributed by atoms with Crippen LogP contribution in [0.2, 0.25) is 0 Å². The van der Waals surface area contributed by atoms with E-state index < -0.39 is 12.3 Å². The summed E-state index contributed by atoms with van der Waals surface area (Å²) in [6.45, 7) is 0. The summed E-state index contributed by atoms with van der Waals surface area (Å²) in [6, 6.07) is 6.57. The lowest BCUT2D eigenvalue weighted by molar-refractivity contribution is -0.274. The maximum atomic E-state index is 12.1. The molecule has 0 radical (unpaired) electrons. The molecule has 3 rings (SSSR count). The Labute approximate surface area is 160 Å². The minimum Gasteiger partial charge on any atom is -0.406 e. The number of amides is 2. The van der Waals surface area contributed by atoms with Crippen molar-refractivity contribution in [3.63, 3.8) is 0 Å². The smallest absolute Gasteiger partial charge is 0.406 e. The Bertz CT molecular complexity index is 996. The van der Waals surface area contributed by atoms with E-state index in [1.165, 1.54) is 23.5 Å². The molecule has 0 aliphatic rings. The number of nitrogens with zero attached hydrogens (tertiary/aromatic N) is 1. The first kappa shape index (κ1) is 19.4. The molecule has 0 unspecified atom stereocenters. The first-order chi connectivity index (χ1) is 13.2. The van der Waals surface area contributed by atoms with Crippen molar-refractivity contribution in [1.82, 2.24) is 9.97 Å². The van der Waals surface area contributed by atoms with E-state index in [4.69, 9.17) is 5.73 Å². The number of hydrogen-bond acceptors (Lipinski definition) is 5. The molecule has 11 heteroatoms. The molecular weight excluding hydrogens is 397 g/mol. The lowest BCUT2D eigenvalue weighted by Crippen LogP contribution is -2.17. The highest BCUT2D eigenvalue weighted by atomic mass is 32.1. The Kier molecular flexibility index (Phi) is 5.36. The highest BCUT2D eigenvalue weighted by molar-refractivity contribution is 7.14. The summed E-state index contributed by atoms with van der Waals surface area (Å²) in [5, 5.41) is 4.67. The summed E-state index contributed by atoms with van der Waals surface area (Å²) in [7, 11) is 0. The maximum Gasteiger partial charge on any atom is 0.573 e. The Balaban J connectivity index is 1.59. The lowest BCUT2D eigenvalue weighted by Gasteiger charge is -2.09. The Morgan fingerprint density at radius 2 is 1.96 bits per heavy atom. The number of benzene rings is 1. The maximum absolute atomic E-state index is 12.1. The van der Waals surface area contributed by atoms with Crippen LogP contribution in [0.5, 0.6) is 5.75 Å². The fourth-order valence-corrected chi connectivity index (χ4v) is 3.04. The Morgan fingerprint density at radius 3 is 2.57 bits per heavy atom. The molecule has 2 amide bonds. The van der Waals surface area contributed by atoms with Crippen molar-refractivity contribution in [1.29, 1.82) is 0 Å². The van der Waals surface area contributed by atoms with Crippen LogP contribution in [0.4, 0.5) is 18.3 Å². The van der Waals surface area contributed by atoms with E-state index in [-0.39, 0.29) is 23.8 Å². The number of alkyl halides is 3. The molecule has 0 bridgehead atoms. The van der Waals surface area contributed by atoms with Gasteiger partial charge in [0, 0.05) is 17.1 Å². The predicted molar refractivity (Wildman–Crippen MR) is 95.9 cm³/mol. The van der Waals surface area contributed by atoms with Crippen molar-refractivity contribution in [2.45, 2.75) is 12.8 Å². The molecule has 3 aromatic rings. The molecule has 4 N–H and O–H groups in total. The fourth-order valence-electron chi connectivity index (χ4n) is 2.31. The quantitative estimate of drug-likeness (QED) is 0.579. The number of aromatic nitrogens is 2. The van der Waals surface area contributed by atoms with Gasteiger partial charge in [-0.3, -0.25) is 9.59 Å². The number of thiazole rings is 1. The summed E-state index contributed by atoms with van der Waals surface area (Å²) >= 11 is 1.19. The highest BCUT2D eigenvalue weighted by Gasteiger charge is 2.30. The number of ether oxygens (including phenoxy) is 1. The number of rotatable bonds is 6. The van der Waals surface area contributed by atoms with E-state index in [0.29, 0.717) is 22.0 Å². The standard InChI is InChI=1S/C17H13F3N4O3S/c18-17(19,20)27-11-3-1-9(2-4-11)5-14(25)24-16-23-13(8-28-16)10-6-12(15(21)26)22-7-10/h1-4,6-8,22H,5H2,(H2,21,26)(H,23,24,25). The van der Waals surface area contributed by atoms with Crippen molar-refractivity contribution in [2.75, 3.05) is 5.32 Å². The van der Waals surface area contributed by atoms with Gasteiger partial charge in [0.15, 0.2) is 5.13 Å². The molecule has 0 spiro atoms. The van der Waals surface area contributed by atoms with E-state index in [1.807, 2.05) is 0 Å². The number of nitrogens with one attached hydrogen (secondary N) is 2. The summed E-state index contributed by atoms with van der Waals surface area (Å²) in [5.74, 6) is -1.33. The number of hydrogen-bond donors (Lipinski definition) is 3. The highest BCUT2D eigenvalue weighted by Crippen LogP contribution is 2.26. The van der Waals surface area contributed by atoms with Crippen LogP contribution < -0.4 is 15.8 Å². The number of carbonyl (C=O) groups excluding carboxylic acids is 2. The van der Waals surface area contributed by atoms with Crippen LogP contribution in [-0.4, -0.2) is 28.1 Å². The number of primary amides is 1. The third-order valence-electron chi connectivity index (χ3n) is 3.52. The molecule has 0 aliphatic heterocycles. The van der Waals surface area contributed by atoms with Crippen LogP contribution in [-0.2, 0) is 11.2 Å². The molecule has 28 heavy (non-hydrogen) atoms. The van der Waals surface area contributed by atoms with Crippen LogP contribution in [0, 0.1) is 0 Å². The summed E-state index contributed by atoms with van der Waals surface area (Å²) < 4.78 is 40.2. The Hall–Kier alpha value is -3.34. The largest absolute Gasteiger partial charge is 0.573 e. The number of anilines is 1. The van der Waals surface area contributed by atoms with Gasteiger partial charge in [-0.25, -0.2) is 4.98 Å². The molecule has 2 heterocycles. The molecule has 0 saturated carbocycles. The van der Waals surface area contributed by atoms with Crippen LogP contribution >= 0.6 is 11.3 Å². The van der Waals surface area contributed by atoms with Crippen molar-refractivity contribution in [3.8, 4) is 17.0 Å². The number of aromatic amines is 1. The second-order valence-electron chi connectivity index (χ2n) is 5.62. The monoisotopic (exact) mass is 410 g/mol. The van der Waals surface area contributed by atoms with Crippen molar-refractivity contribution >= 4 is 28.3 Å². The molecule has 0 aliphatic carbocycles. The van der Waals surface area contributed by atoms with Gasteiger partial charge in [0.2, 0.25) is 5.91 Å². The van der Waals surface area contributed by atoms with Gasteiger partial charge >= 0.3 is 6.36 Å². The van der Waals surface area contributed by atoms with Crippen LogP contribution in [0.1, 0.15) is 16.1 Å². The molecule has 1 aromatic carbocycles. The minimum atomic E-state index is -4.76. The molecular formula is C17H13F3N4O3S. The van der Waals surface area contributed by atoms with Crippen LogP contribution in [0.15, 0.2) is 41.9 Å². The van der Waals surface area contributed by atoms with Crippen molar-refractivity contribution in [3.05, 3.63) is 53.2 Å². The van der Waals surface area contributed by atoms with Gasteiger partial charge in [0.05, 0.1) is 12.1 Å². The zero-order chi connectivity index (χ0) is 20.3. The van der Waals surface area contributed by atoms with Gasteiger partial charge in [-0.15, -0.1) is 24.5 Å². The Morgan fingerprint density at radius 1 is 1.25 bits per heavy atom. The lowest BCUT2D eigenvalue weighted by atomic mass is 10.1. The van der Waals surface area contributed by atoms with Gasteiger partial charge in [-0.05, 0) is 23.8 Å². The van der Waals surface area contributed by atoms with E-state index in [2.05, 4.69) is 20.0 Å². The van der Waals surface area contributed by atoms with E-state index in [1.54, 1.807) is 17.6 Å². The van der Waals surface area contributed by atoms with Crippen molar-refractivity contribution in [2.24, 2.45) is 5.73 Å². The second-order valence-corrected chi connectivity index (χ2v) is 6.48. The van der Waals surface area contributed by atoms with Crippen LogP contribution in [0.25, 0.3) is 11.3 Å².